The molecule has 0 aliphatic heterocycles. The van der Waals surface area contributed by atoms with Gasteiger partial charge in [-0.1, -0.05) is 13.8 Å². The number of nitrogens with one attached hydrogen (secondary N) is 2. The van der Waals surface area contributed by atoms with Gasteiger partial charge in [0.1, 0.15) is 11.9 Å². The molecule has 0 bridgehead atoms. The quantitative estimate of drug-likeness (QED) is 0.725. The molecule has 0 aliphatic carbocycles. The van der Waals surface area contributed by atoms with Gasteiger partial charge in [0.2, 0.25) is 5.56 Å². The van der Waals surface area contributed by atoms with E-state index in [0.29, 0.717) is 30.1 Å². The molecule has 0 saturated heterocycles. The van der Waals surface area contributed by atoms with Gasteiger partial charge in [0.05, 0.1) is 6.26 Å². The van der Waals surface area contributed by atoms with Gasteiger partial charge >= 0.3 is 0 Å². The van der Waals surface area contributed by atoms with E-state index in [-0.39, 0.29) is 17.5 Å². The zero-order valence-corrected chi connectivity index (χ0v) is 14.2. The van der Waals surface area contributed by atoms with E-state index in [1.54, 1.807) is 25.1 Å². The van der Waals surface area contributed by atoms with Crippen molar-refractivity contribution in [2.45, 2.75) is 45.8 Å². The second kappa shape index (κ2) is 7.97. The zero-order valence-electron chi connectivity index (χ0n) is 14.2. The fourth-order valence-electron chi connectivity index (χ4n) is 2.58. The lowest BCUT2D eigenvalue weighted by Gasteiger charge is -2.17. The average molecular weight is 332 g/mol. The Balaban J connectivity index is 2.01. The second-order valence-electron chi connectivity index (χ2n) is 6.50. The van der Waals surface area contributed by atoms with E-state index in [1.807, 2.05) is 13.8 Å². The number of H-pyrrole nitrogens is 1. The molecule has 0 spiro atoms. The van der Waals surface area contributed by atoms with Crippen LogP contribution in [0.2, 0.25) is 0 Å². The lowest BCUT2D eigenvalue weighted by atomic mass is 10.1. The van der Waals surface area contributed by atoms with Gasteiger partial charge in [0.25, 0.3) is 5.91 Å². The van der Waals surface area contributed by atoms with Crippen LogP contribution in [-0.4, -0.2) is 22.0 Å². The van der Waals surface area contributed by atoms with Gasteiger partial charge in [0, 0.05) is 29.8 Å². The molecule has 2 aromatic heterocycles. The summed E-state index contributed by atoms with van der Waals surface area (Å²) in [5.41, 5.74) is 0.779. The van der Waals surface area contributed by atoms with Crippen LogP contribution in [0.25, 0.3) is 0 Å². The molecule has 2 unspecified atom stereocenters. The van der Waals surface area contributed by atoms with Crippen molar-refractivity contribution in [1.29, 1.82) is 0 Å². The molecule has 24 heavy (non-hydrogen) atoms. The number of carbonyl (C=O) groups excluding carboxylic acids is 1. The molecule has 2 atom stereocenters. The molecule has 2 heterocycles. The monoisotopic (exact) mass is 332 g/mol. The molecule has 0 fully saturated rings. The Morgan fingerprint density at radius 1 is 1.33 bits per heavy atom. The molecule has 2 rings (SSSR count). The predicted octanol–water partition coefficient (Wildman–Crippen LogP) is 2.41. The summed E-state index contributed by atoms with van der Waals surface area (Å²) in [5.74, 6) is 0.512. The number of carbonyl (C=O) groups is 1. The highest BCUT2D eigenvalue weighted by Crippen LogP contribution is 2.18. The molecular weight excluding hydrogens is 308 g/mol. The summed E-state index contributed by atoms with van der Waals surface area (Å²) < 4.78 is 5.15. The molecule has 3 N–H and O–H groups in total. The minimum absolute atomic E-state index is 0.273. The van der Waals surface area contributed by atoms with Crippen LogP contribution in [0.3, 0.4) is 0 Å². The first kappa shape index (κ1) is 18.0. The summed E-state index contributed by atoms with van der Waals surface area (Å²) >= 11 is 0. The number of aromatic nitrogens is 1. The molecule has 0 saturated carbocycles. The van der Waals surface area contributed by atoms with Gasteiger partial charge in [-0.2, -0.15) is 0 Å². The highest BCUT2D eigenvalue weighted by atomic mass is 16.4. The zero-order chi connectivity index (χ0) is 17.7. The molecule has 0 radical (unpaired) electrons. The third kappa shape index (κ3) is 5.09. The van der Waals surface area contributed by atoms with Crippen LogP contribution in [0.15, 0.2) is 39.7 Å². The number of aliphatic hydroxyl groups excluding tert-OH is 1. The summed E-state index contributed by atoms with van der Waals surface area (Å²) in [5, 5.41) is 12.9. The van der Waals surface area contributed by atoms with Gasteiger partial charge in [-0.15, -0.1) is 0 Å². The summed E-state index contributed by atoms with van der Waals surface area (Å²) in [6.07, 6.45) is 1.73. The van der Waals surface area contributed by atoms with Crippen molar-refractivity contribution in [2.24, 2.45) is 5.92 Å². The SMILES string of the molecule is CC(C)Cc1cc(C(=O)NC(C)CC(O)c2ccco2)cc(=O)[nH]1. The van der Waals surface area contributed by atoms with Crippen LogP contribution in [0.1, 0.15) is 55.1 Å². The Labute approximate surface area is 140 Å². The highest BCUT2D eigenvalue weighted by Gasteiger charge is 2.17. The Morgan fingerprint density at radius 2 is 2.08 bits per heavy atom. The third-order valence-corrected chi connectivity index (χ3v) is 3.62. The van der Waals surface area contributed by atoms with Crippen molar-refractivity contribution in [2.75, 3.05) is 0 Å². The normalized spacial score (nSPS) is 13.7. The summed E-state index contributed by atoms with van der Waals surface area (Å²) in [7, 11) is 0. The Kier molecular flexibility index (Phi) is 5.98. The van der Waals surface area contributed by atoms with Gasteiger partial charge in [-0.25, -0.2) is 0 Å². The number of rotatable bonds is 7. The number of hydrogen-bond donors (Lipinski definition) is 3. The molecule has 6 heteroatoms. The van der Waals surface area contributed by atoms with E-state index in [1.165, 1.54) is 12.3 Å². The van der Waals surface area contributed by atoms with Crippen molar-refractivity contribution in [3.63, 3.8) is 0 Å². The molecule has 0 aromatic carbocycles. The van der Waals surface area contributed by atoms with Crippen LogP contribution in [0, 0.1) is 5.92 Å². The molecule has 0 aliphatic rings. The number of pyridine rings is 1. The average Bonchev–Trinajstić information content (AvgIpc) is 2.99. The predicted molar refractivity (Wildman–Crippen MR) is 90.8 cm³/mol. The van der Waals surface area contributed by atoms with Gasteiger partial charge in [-0.3, -0.25) is 9.59 Å². The van der Waals surface area contributed by atoms with E-state index < -0.39 is 6.10 Å². The lowest BCUT2D eigenvalue weighted by Crippen LogP contribution is -2.34. The maximum absolute atomic E-state index is 12.3. The fourth-order valence-corrected chi connectivity index (χ4v) is 2.58. The van der Waals surface area contributed by atoms with Gasteiger partial charge < -0.3 is 19.8 Å². The molecule has 2 aromatic rings. The lowest BCUT2D eigenvalue weighted by molar-refractivity contribution is 0.0902. The van der Waals surface area contributed by atoms with Crippen molar-refractivity contribution in [3.05, 3.63) is 57.9 Å². The van der Waals surface area contributed by atoms with Crippen LogP contribution in [0.5, 0.6) is 0 Å². The first-order valence-corrected chi connectivity index (χ1v) is 8.10. The number of hydrogen-bond acceptors (Lipinski definition) is 4. The summed E-state index contributed by atoms with van der Waals surface area (Å²) in [6.45, 7) is 5.89. The van der Waals surface area contributed by atoms with Crippen LogP contribution in [0.4, 0.5) is 0 Å². The van der Waals surface area contributed by atoms with Crippen LogP contribution < -0.4 is 10.9 Å². The van der Waals surface area contributed by atoms with E-state index in [2.05, 4.69) is 10.3 Å². The van der Waals surface area contributed by atoms with Crippen LogP contribution in [-0.2, 0) is 6.42 Å². The molecule has 6 nitrogen and oxygen atoms in total. The van der Waals surface area contributed by atoms with Crippen molar-refractivity contribution < 1.29 is 14.3 Å². The Morgan fingerprint density at radius 3 is 2.71 bits per heavy atom. The third-order valence-electron chi connectivity index (χ3n) is 3.62. The standard InChI is InChI=1S/C18H24N2O4/c1-11(2)7-14-9-13(10-17(22)20-14)18(23)19-12(3)8-15(21)16-5-4-6-24-16/h4-6,9-12,15,21H,7-8H2,1-3H3,(H,19,23)(H,20,22). The number of aromatic amines is 1. The maximum Gasteiger partial charge on any atom is 0.251 e. The van der Waals surface area contributed by atoms with E-state index >= 15 is 0 Å². The maximum atomic E-state index is 12.3. The number of aliphatic hydroxyl groups is 1. The number of furan rings is 1. The fraction of sp³-hybridized carbons (Fsp3) is 0.444. The first-order valence-electron chi connectivity index (χ1n) is 8.10. The van der Waals surface area contributed by atoms with E-state index in [0.717, 1.165) is 5.69 Å². The Hall–Kier alpha value is -2.34. The van der Waals surface area contributed by atoms with Crippen LogP contribution >= 0.6 is 0 Å². The minimum atomic E-state index is -0.786. The first-order chi connectivity index (χ1) is 11.3. The highest BCUT2D eigenvalue weighted by molar-refractivity contribution is 5.94. The van der Waals surface area contributed by atoms with E-state index in [4.69, 9.17) is 4.42 Å². The number of amides is 1. The molecule has 130 valence electrons. The topological polar surface area (TPSA) is 95.3 Å². The van der Waals surface area contributed by atoms with Crippen molar-refractivity contribution in [1.82, 2.24) is 10.3 Å². The van der Waals surface area contributed by atoms with Gasteiger partial charge in [0.15, 0.2) is 0 Å². The molecule has 1 amide bonds. The summed E-state index contributed by atoms with van der Waals surface area (Å²) in [4.78, 5) is 26.8. The Bertz CT molecular complexity index is 719. The summed E-state index contributed by atoms with van der Waals surface area (Å²) in [6, 6.07) is 6.11. The van der Waals surface area contributed by atoms with Gasteiger partial charge in [-0.05, 0) is 37.5 Å². The minimum Gasteiger partial charge on any atom is -0.467 e. The smallest absolute Gasteiger partial charge is 0.251 e. The van der Waals surface area contributed by atoms with Crippen molar-refractivity contribution in [3.8, 4) is 0 Å². The second-order valence-corrected chi connectivity index (χ2v) is 6.50. The largest absolute Gasteiger partial charge is 0.467 e. The molecular formula is C18H24N2O4. The van der Waals surface area contributed by atoms with E-state index in [9.17, 15) is 14.7 Å². The van der Waals surface area contributed by atoms with Crippen molar-refractivity contribution >= 4 is 5.91 Å².